The Morgan fingerprint density at radius 1 is 1.21 bits per heavy atom. The van der Waals surface area contributed by atoms with Crippen LogP contribution in [-0.4, -0.2) is 28.1 Å². The summed E-state index contributed by atoms with van der Waals surface area (Å²) in [5, 5.41) is 11.2. The molecule has 1 atom stereocenters. The maximum absolute atomic E-state index is 5.71. The van der Waals surface area contributed by atoms with Crippen molar-refractivity contribution in [3.63, 3.8) is 0 Å². The van der Waals surface area contributed by atoms with Crippen LogP contribution in [0.5, 0.6) is 5.75 Å². The maximum Gasteiger partial charge on any atom is 0.188 e. The predicted octanol–water partition coefficient (Wildman–Crippen LogP) is 6.78. The van der Waals surface area contributed by atoms with Crippen LogP contribution in [0.1, 0.15) is 58.8 Å². The highest BCUT2D eigenvalue weighted by molar-refractivity contribution is 7.14. The summed E-state index contributed by atoms with van der Waals surface area (Å²) >= 11 is 1.59. The van der Waals surface area contributed by atoms with E-state index in [9.17, 15) is 0 Å². The normalized spacial score (nSPS) is 15.9. The van der Waals surface area contributed by atoms with Gasteiger partial charge in [-0.25, -0.2) is 9.67 Å². The van der Waals surface area contributed by atoms with Crippen LogP contribution >= 0.6 is 11.3 Å². The number of anilines is 2. The molecule has 1 unspecified atom stereocenters. The van der Waals surface area contributed by atoms with E-state index in [1.54, 1.807) is 18.4 Å². The highest BCUT2D eigenvalue weighted by atomic mass is 32.1. The van der Waals surface area contributed by atoms with Gasteiger partial charge in [-0.15, -0.1) is 11.3 Å². The van der Waals surface area contributed by atoms with E-state index in [0.29, 0.717) is 5.92 Å². The molecule has 1 aromatic carbocycles. The summed E-state index contributed by atoms with van der Waals surface area (Å²) in [6.07, 6.45) is 5.08. The fraction of sp³-hybridized carbons (Fsp3) is 0.423. The van der Waals surface area contributed by atoms with E-state index in [-0.39, 0.29) is 11.5 Å². The van der Waals surface area contributed by atoms with Crippen molar-refractivity contribution in [1.29, 1.82) is 0 Å². The average Bonchev–Trinajstić information content (AvgIpc) is 3.48. The minimum absolute atomic E-state index is 0.0122. The van der Waals surface area contributed by atoms with E-state index in [1.807, 2.05) is 17.8 Å². The van der Waals surface area contributed by atoms with E-state index in [4.69, 9.17) is 14.8 Å². The largest absolute Gasteiger partial charge is 0.496 e. The SMILES string of the molecule is COc1cc(-c2csc(Nc3cc(C(C)(C)C)nn3C(C)C)n2)ccc1CC1C=NC(C)=C1. The molecule has 0 saturated heterocycles. The van der Waals surface area contributed by atoms with E-state index in [1.165, 1.54) is 5.56 Å². The number of hydrogen-bond donors (Lipinski definition) is 1. The third-order valence-electron chi connectivity index (χ3n) is 5.70. The van der Waals surface area contributed by atoms with Crippen LogP contribution < -0.4 is 10.1 Å². The van der Waals surface area contributed by atoms with Crippen molar-refractivity contribution < 1.29 is 4.74 Å². The van der Waals surface area contributed by atoms with Crippen LogP contribution in [-0.2, 0) is 11.8 Å². The lowest BCUT2D eigenvalue weighted by atomic mass is 9.92. The van der Waals surface area contributed by atoms with Gasteiger partial charge in [0.2, 0.25) is 0 Å². The van der Waals surface area contributed by atoms with Crippen molar-refractivity contribution in [2.75, 3.05) is 12.4 Å². The molecule has 0 bridgehead atoms. The Morgan fingerprint density at radius 3 is 2.64 bits per heavy atom. The Kier molecular flexibility index (Phi) is 6.43. The average molecular weight is 464 g/mol. The first kappa shape index (κ1) is 23.2. The summed E-state index contributed by atoms with van der Waals surface area (Å²) in [5.41, 5.74) is 5.27. The van der Waals surface area contributed by atoms with Gasteiger partial charge in [-0.05, 0) is 38.8 Å². The van der Waals surface area contributed by atoms with Gasteiger partial charge in [0.15, 0.2) is 5.13 Å². The first-order valence-electron chi connectivity index (χ1n) is 11.4. The third-order valence-corrected chi connectivity index (χ3v) is 6.45. The van der Waals surface area contributed by atoms with Gasteiger partial charge < -0.3 is 10.1 Å². The van der Waals surface area contributed by atoms with Crippen LogP contribution in [0.25, 0.3) is 11.3 Å². The second-order valence-electron chi connectivity index (χ2n) is 9.85. The zero-order chi connectivity index (χ0) is 23.8. The third kappa shape index (κ3) is 5.19. The maximum atomic E-state index is 5.71. The monoisotopic (exact) mass is 463 g/mol. The number of aliphatic imine (C=N–C) groups is 1. The molecule has 1 aliphatic rings. The number of thiazole rings is 1. The summed E-state index contributed by atoms with van der Waals surface area (Å²) in [7, 11) is 1.72. The molecule has 2 aromatic heterocycles. The van der Waals surface area contributed by atoms with Crippen molar-refractivity contribution >= 4 is 28.5 Å². The summed E-state index contributed by atoms with van der Waals surface area (Å²) in [6.45, 7) is 12.8. The van der Waals surface area contributed by atoms with E-state index in [0.717, 1.165) is 45.8 Å². The minimum Gasteiger partial charge on any atom is -0.496 e. The number of benzene rings is 1. The highest BCUT2D eigenvalue weighted by Gasteiger charge is 2.21. The Balaban J connectivity index is 1.55. The summed E-state index contributed by atoms with van der Waals surface area (Å²) in [5.74, 6) is 2.17. The van der Waals surface area contributed by atoms with E-state index in [2.05, 4.69) is 80.6 Å². The Labute approximate surface area is 200 Å². The highest BCUT2D eigenvalue weighted by Crippen LogP contribution is 2.33. The molecule has 0 radical (unpaired) electrons. The Bertz CT molecular complexity index is 1200. The summed E-state index contributed by atoms with van der Waals surface area (Å²) < 4.78 is 7.74. The molecule has 3 heterocycles. The molecule has 0 fully saturated rings. The zero-order valence-electron chi connectivity index (χ0n) is 20.5. The number of allylic oxidation sites excluding steroid dienone is 2. The van der Waals surface area contributed by atoms with Gasteiger partial charge in [0.05, 0.1) is 18.5 Å². The fourth-order valence-electron chi connectivity index (χ4n) is 3.87. The smallest absolute Gasteiger partial charge is 0.188 e. The van der Waals surface area contributed by atoms with Gasteiger partial charge in [0.25, 0.3) is 0 Å². The second-order valence-corrected chi connectivity index (χ2v) is 10.7. The van der Waals surface area contributed by atoms with E-state index >= 15 is 0 Å². The van der Waals surface area contributed by atoms with Gasteiger partial charge in [0, 0.05) is 46.3 Å². The molecule has 1 aliphatic heterocycles. The molecule has 6 nitrogen and oxygen atoms in total. The molecule has 7 heteroatoms. The van der Waals surface area contributed by atoms with Gasteiger partial charge >= 0.3 is 0 Å². The molecule has 33 heavy (non-hydrogen) atoms. The van der Waals surface area contributed by atoms with Crippen molar-refractivity contribution in [3.05, 3.63) is 52.7 Å². The van der Waals surface area contributed by atoms with Gasteiger partial charge in [-0.1, -0.05) is 39.0 Å². The van der Waals surface area contributed by atoms with Gasteiger partial charge in [-0.2, -0.15) is 5.10 Å². The topological polar surface area (TPSA) is 64.3 Å². The lowest BCUT2D eigenvalue weighted by molar-refractivity contribution is 0.409. The molecule has 0 spiro atoms. The summed E-state index contributed by atoms with van der Waals surface area (Å²) in [6, 6.07) is 8.71. The van der Waals surface area contributed by atoms with Crippen LogP contribution in [0.15, 0.2) is 46.4 Å². The molecule has 0 aliphatic carbocycles. The molecule has 3 aromatic rings. The number of nitrogens with one attached hydrogen (secondary N) is 1. The van der Waals surface area contributed by atoms with E-state index < -0.39 is 0 Å². The number of ether oxygens (including phenoxy) is 1. The molecule has 4 rings (SSSR count). The molecule has 0 amide bonds. The molecular formula is C26H33N5OS. The number of aromatic nitrogens is 3. The van der Waals surface area contributed by atoms with Crippen molar-refractivity contribution in [3.8, 4) is 17.0 Å². The van der Waals surface area contributed by atoms with Crippen molar-refractivity contribution in [1.82, 2.24) is 14.8 Å². The van der Waals surface area contributed by atoms with Crippen LogP contribution in [0.2, 0.25) is 0 Å². The first-order valence-corrected chi connectivity index (χ1v) is 12.2. The number of hydrogen-bond acceptors (Lipinski definition) is 6. The molecule has 174 valence electrons. The van der Waals surface area contributed by atoms with Gasteiger partial charge in [-0.3, -0.25) is 4.99 Å². The Morgan fingerprint density at radius 2 is 2.00 bits per heavy atom. The summed E-state index contributed by atoms with van der Waals surface area (Å²) in [4.78, 5) is 9.22. The number of methoxy groups -OCH3 is 1. The predicted molar refractivity (Wildman–Crippen MR) is 138 cm³/mol. The zero-order valence-corrected chi connectivity index (χ0v) is 21.3. The van der Waals surface area contributed by atoms with Crippen molar-refractivity contribution in [2.45, 2.75) is 59.4 Å². The van der Waals surface area contributed by atoms with Crippen LogP contribution in [0.3, 0.4) is 0 Å². The second kappa shape index (κ2) is 9.14. The standard InChI is InChI=1S/C26H33N5OS/c1-16(2)31-24(13-23(30-31)26(4,5)6)29-25-28-21(15-33-25)19-8-9-20(22(12-19)32-7)11-18-10-17(3)27-14-18/h8-10,12-16,18H,11H2,1-7H3,(H,28,29). The minimum atomic E-state index is -0.0122. The first-order chi connectivity index (χ1) is 15.6. The van der Waals surface area contributed by atoms with Crippen LogP contribution in [0.4, 0.5) is 10.9 Å². The Hall–Kier alpha value is -2.93. The number of nitrogens with zero attached hydrogens (tertiary/aromatic N) is 4. The van der Waals surface area contributed by atoms with Crippen molar-refractivity contribution in [2.24, 2.45) is 10.9 Å². The van der Waals surface area contributed by atoms with Gasteiger partial charge in [0.1, 0.15) is 11.6 Å². The quantitative estimate of drug-likeness (QED) is 0.419. The fourth-order valence-corrected chi connectivity index (χ4v) is 4.60. The molecular weight excluding hydrogens is 430 g/mol. The lowest BCUT2D eigenvalue weighted by Gasteiger charge is -2.14. The number of rotatable bonds is 7. The lowest BCUT2D eigenvalue weighted by Crippen LogP contribution is -2.13. The molecule has 0 saturated carbocycles. The van der Waals surface area contributed by atoms with Crippen LogP contribution in [0, 0.1) is 5.92 Å². The molecule has 1 N–H and O–H groups in total.